The van der Waals surface area contributed by atoms with Crippen LogP contribution in [0.2, 0.25) is 0 Å². The Kier molecular flexibility index (Phi) is 30.9. The molecule has 93 heavy (non-hydrogen) atoms. The van der Waals surface area contributed by atoms with Gasteiger partial charge in [0.25, 0.3) is 17.4 Å². The number of imide groups is 1. The number of cyclic esters (lactones) is 1. The Labute approximate surface area is 538 Å². The molecule has 2 atom stereocenters. The van der Waals surface area contributed by atoms with Crippen molar-refractivity contribution >= 4 is 59.0 Å². The minimum atomic E-state index is -1.99. The maximum absolute atomic E-state index is 15.2. The first-order chi connectivity index (χ1) is 44.9. The highest BCUT2D eigenvalue weighted by molar-refractivity contribution is 6.12. The largest absolute Gasteiger partial charge is 0.554 e. The van der Waals surface area contributed by atoms with Crippen molar-refractivity contribution in [3.8, 4) is 17.1 Å². The number of hydrogen-bond acceptors (Lipinski definition) is 22. The Morgan fingerprint density at radius 1 is 0.796 bits per heavy atom. The van der Waals surface area contributed by atoms with E-state index in [9.17, 15) is 43.5 Å². The minimum absolute atomic E-state index is 0.000120. The highest BCUT2D eigenvalue weighted by atomic mass is 19.1. The van der Waals surface area contributed by atoms with Gasteiger partial charge in [-0.3, -0.25) is 33.7 Å². The number of esters is 1. The lowest BCUT2D eigenvalue weighted by Crippen LogP contribution is -2.53. The molecule has 4 aliphatic rings. The number of halogens is 1. The smallest absolute Gasteiger partial charge is 0.407 e. The van der Waals surface area contributed by atoms with Gasteiger partial charge in [0.05, 0.1) is 149 Å². The Balaban J connectivity index is 0.00000448. The number of carbonyl (C=O) groups is 8. The molecule has 7 rings (SSSR count). The van der Waals surface area contributed by atoms with Gasteiger partial charge in [-0.15, -0.1) is 0 Å². The van der Waals surface area contributed by atoms with Crippen molar-refractivity contribution < 1.29 is 105 Å². The van der Waals surface area contributed by atoms with Gasteiger partial charge >= 0.3 is 12.1 Å². The second-order valence-electron chi connectivity index (χ2n) is 22.6. The number of aromatic nitrogens is 2. The van der Waals surface area contributed by atoms with E-state index >= 15 is 4.39 Å². The van der Waals surface area contributed by atoms with Crippen LogP contribution in [0.3, 0.4) is 0 Å². The molecule has 1 fully saturated rings. The Hall–Kier alpha value is -7.55. The number of unbranched alkanes of at least 4 members (excludes halogenated alkanes) is 1. The van der Waals surface area contributed by atoms with E-state index in [1.807, 2.05) is 6.92 Å². The quantitative estimate of drug-likeness (QED) is 0.0133. The van der Waals surface area contributed by atoms with Crippen molar-refractivity contribution in [1.29, 1.82) is 0 Å². The van der Waals surface area contributed by atoms with Gasteiger partial charge in [0.15, 0.2) is 17.2 Å². The molecule has 6 heterocycles. The molecule has 0 aliphatic carbocycles. The fourth-order valence-corrected chi connectivity index (χ4v) is 10.9. The Morgan fingerprint density at radius 3 is 1.95 bits per heavy atom. The molecule has 3 aromatic rings. The number of ether oxygens (including phenoxy) is 10. The molecule has 5 N–H and O–H groups in total. The molecule has 29 nitrogen and oxygen atoms in total. The molecule has 4 aliphatic heterocycles. The number of hydrogen-bond donors (Lipinski definition) is 5. The average molecular weight is 1310 g/mol. The van der Waals surface area contributed by atoms with E-state index in [0.29, 0.717) is 145 Å². The molecular formula is C63H89FN8O21. The number of aliphatic hydroxyl groups is 1. The van der Waals surface area contributed by atoms with Crippen LogP contribution >= 0.6 is 0 Å². The van der Waals surface area contributed by atoms with E-state index in [0.717, 1.165) is 28.9 Å². The number of rotatable bonds is 41. The number of benzene rings is 1. The number of piperidine rings is 1. The first-order valence-corrected chi connectivity index (χ1v) is 31.5. The van der Waals surface area contributed by atoms with Gasteiger partial charge < -0.3 is 92.7 Å². The zero-order chi connectivity index (χ0) is 67.2. The van der Waals surface area contributed by atoms with Crippen LogP contribution in [0.25, 0.3) is 22.3 Å². The molecule has 2 aromatic heterocycles. The SMILES string of the molecule is CCCCNC(=O)[C@H](CCC(=O)NCCOCCOCCOCCOCCOCCOCCOCCOC(=O)NC1CC[N+](C)(Cc2c3c(nc4cc(F)c(OC)cc24)-c2cc4c(c(=O)n2C3)COC(=O)[C@]4(O)CC)CC1)NC(=O)CCCN1C(=O)C=CC1=O.O=C[O-]. The van der Waals surface area contributed by atoms with Crippen molar-refractivity contribution in [2.45, 2.75) is 109 Å². The number of alkyl carbamates (subject to hydrolysis) is 1. The molecule has 0 bridgehead atoms. The maximum Gasteiger partial charge on any atom is 0.407 e. The van der Waals surface area contributed by atoms with Crippen molar-refractivity contribution in [2.24, 2.45) is 0 Å². The summed E-state index contributed by atoms with van der Waals surface area (Å²) in [4.78, 5) is 115. The standard InChI is InChI=1S/C62H87FN8O19.CH2O2/c1-5-7-16-65-58(76)49(67-54(73)9-8-18-69-55(74)12-13-56(69)75)10-11-53(72)64-17-21-82-22-23-83-24-25-84-26-27-85-28-29-86-30-31-87-32-33-88-34-35-89-61(79)66-42-14-19-71(3,20-15-42)40-45-43-36-52(81-4)48(63)38-50(43)68-57-44(45)39-70-51(57)37-47-46(59(70)77)41-90-60(78)62(47,80)6-2;2-1-3/h12-13,36-38,42,49,80H,5-11,14-35,39-41H2,1-4H3,(H3-,64,65,66,67,72,73,76,79);1H,(H,2,3)/t42?,49-,62-,71?;/m0./s1. The lowest BCUT2D eigenvalue weighted by molar-refractivity contribution is -0.927. The van der Waals surface area contributed by atoms with Crippen LogP contribution in [0.5, 0.6) is 5.75 Å². The van der Waals surface area contributed by atoms with Crippen molar-refractivity contribution in [2.75, 3.05) is 146 Å². The summed E-state index contributed by atoms with van der Waals surface area (Å²) in [5.74, 6) is -3.29. The molecule has 0 spiro atoms. The average Bonchev–Trinajstić information content (AvgIpc) is 1.65. The Morgan fingerprint density at radius 2 is 1.38 bits per heavy atom. The van der Waals surface area contributed by atoms with Crippen LogP contribution in [-0.2, 0) is 101 Å². The lowest BCUT2D eigenvalue weighted by atomic mass is 9.86. The van der Waals surface area contributed by atoms with E-state index in [1.54, 1.807) is 23.6 Å². The molecule has 6 amide bonds. The van der Waals surface area contributed by atoms with E-state index in [4.69, 9.17) is 62.3 Å². The van der Waals surface area contributed by atoms with Crippen LogP contribution in [0.1, 0.15) is 93.9 Å². The highest BCUT2D eigenvalue weighted by Crippen LogP contribution is 2.42. The monoisotopic (exact) mass is 1310 g/mol. The predicted molar refractivity (Wildman–Crippen MR) is 327 cm³/mol. The molecular weight excluding hydrogens is 1220 g/mol. The van der Waals surface area contributed by atoms with Gasteiger partial charge in [-0.2, -0.15) is 0 Å². The number of nitrogens with one attached hydrogen (secondary N) is 4. The van der Waals surface area contributed by atoms with Crippen LogP contribution in [0.4, 0.5) is 9.18 Å². The van der Waals surface area contributed by atoms with E-state index in [2.05, 4.69) is 28.3 Å². The van der Waals surface area contributed by atoms with Gasteiger partial charge in [0.1, 0.15) is 25.8 Å². The van der Waals surface area contributed by atoms with E-state index < -0.39 is 53.7 Å². The Bertz CT molecular complexity index is 3090. The number of pyridine rings is 2. The fourth-order valence-electron chi connectivity index (χ4n) is 10.9. The maximum atomic E-state index is 15.2. The summed E-state index contributed by atoms with van der Waals surface area (Å²) in [6.07, 6.45) is 5.13. The molecule has 1 saturated heterocycles. The van der Waals surface area contributed by atoms with Crippen molar-refractivity contribution in [3.63, 3.8) is 0 Å². The summed E-state index contributed by atoms with van der Waals surface area (Å²) in [7, 11) is 3.53. The number of carbonyl (C=O) groups excluding carboxylic acids is 8. The van der Waals surface area contributed by atoms with Gasteiger partial charge in [-0.1, -0.05) is 20.3 Å². The molecule has 0 unspecified atom stereocenters. The summed E-state index contributed by atoms with van der Waals surface area (Å²) in [6, 6.07) is 3.57. The number of amides is 6. The molecule has 1 aromatic carbocycles. The van der Waals surface area contributed by atoms with Gasteiger partial charge in [-0.05, 0) is 37.8 Å². The topological polar surface area (TPSA) is 358 Å². The first kappa shape index (κ1) is 74.5. The van der Waals surface area contributed by atoms with Crippen molar-refractivity contribution in [3.05, 3.63) is 68.8 Å². The third-order valence-corrected chi connectivity index (χ3v) is 16.1. The summed E-state index contributed by atoms with van der Waals surface area (Å²) >= 11 is 0. The number of fused-ring (bicyclic) bond motifs is 5. The zero-order valence-corrected chi connectivity index (χ0v) is 53.5. The van der Waals surface area contributed by atoms with Crippen LogP contribution in [-0.4, -0.2) is 230 Å². The van der Waals surface area contributed by atoms with Crippen LogP contribution in [0.15, 0.2) is 35.1 Å². The summed E-state index contributed by atoms with van der Waals surface area (Å²) in [5, 5.41) is 31.5. The molecule has 0 radical (unpaired) electrons. The number of methoxy groups -OCH3 is 1. The zero-order valence-electron chi connectivity index (χ0n) is 53.5. The summed E-state index contributed by atoms with van der Waals surface area (Å²) < 4.78 is 72.2. The molecule has 514 valence electrons. The number of carboxylic acid groups (broad SMARTS) is 1. The second-order valence-corrected chi connectivity index (χ2v) is 22.6. The molecule has 30 heteroatoms. The number of likely N-dealkylation sites (tertiary alicyclic amines) is 1. The van der Waals surface area contributed by atoms with E-state index in [-0.39, 0.29) is 118 Å². The fraction of sp³-hybridized carbons (Fsp3) is 0.619. The number of quaternary nitrogens is 1. The third kappa shape index (κ3) is 22.3. The lowest BCUT2D eigenvalue weighted by Gasteiger charge is -2.41. The second kappa shape index (κ2) is 38.6. The van der Waals surface area contributed by atoms with E-state index in [1.165, 1.54) is 25.3 Å². The third-order valence-electron chi connectivity index (χ3n) is 16.1. The summed E-state index contributed by atoms with van der Waals surface area (Å²) in [6.45, 7) is 10.6. The van der Waals surface area contributed by atoms with Gasteiger partial charge in [0.2, 0.25) is 17.7 Å². The van der Waals surface area contributed by atoms with Crippen LogP contribution < -0.4 is 36.7 Å². The predicted octanol–water partition coefficient (Wildman–Crippen LogP) is 0.548. The minimum Gasteiger partial charge on any atom is -0.554 e. The highest BCUT2D eigenvalue weighted by Gasteiger charge is 2.46. The first-order valence-electron chi connectivity index (χ1n) is 31.5. The summed E-state index contributed by atoms with van der Waals surface area (Å²) in [5.41, 5.74) is 1.01. The normalized spacial score (nSPS) is 18.2. The van der Waals surface area contributed by atoms with Gasteiger partial charge in [-0.25, -0.2) is 19.0 Å². The van der Waals surface area contributed by atoms with Gasteiger partial charge in [0, 0.05) is 98.1 Å². The molecule has 0 saturated carbocycles. The van der Waals surface area contributed by atoms with Crippen molar-refractivity contribution in [1.82, 2.24) is 35.7 Å². The van der Waals surface area contributed by atoms with Crippen LogP contribution in [0, 0.1) is 5.82 Å². The number of nitrogens with zero attached hydrogens (tertiary/aromatic N) is 4.